The van der Waals surface area contributed by atoms with Gasteiger partial charge in [-0.2, -0.15) is 0 Å². The normalized spacial score (nSPS) is 14.9. The van der Waals surface area contributed by atoms with Gasteiger partial charge in [0.1, 0.15) is 5.69 Å². The lowest BCUT2D eigenvalue weighted by Gasteiger charge is -2.29. The van der Waals surface area contributed by atoms with E-state index in [0.717, 1.165) is 103 Å². The first kappa shape index (κ1) is 37.4. The number of aliphatic hydroxyl groups is 3. The molecule has 0 amide bonds. The van der Waals surface area contributed by atoms with E-state index in [1.165, 1.54) is 44.9 Å². The molecule has 7 nitrogen and oxygen atoms in total. The van der Waals surface area contributed by atoms with E-state index in [1.807, 2.05) is 0 Å². The third-order valence-electron chi connectivity index (χ3n) is 8.34. The minimum atomic E-state index is -2.05. The molecule has 0 spiro atoms. The van der Waals surface area contributed by atoms with E-state index in [9.17, 15) is 15.0 Å². The summed E-state index contributed by atoms with van der Waals surface area (Å²) in [6.45, 7) is 4.98. The Kier molecular flexibility index (Phi) is 23.2. The van der Waals surface area contributed by atoms with Gasteiger partial charge in [-0.3, -0.25) is 4.79 Å². The second-order valence-corrected chi connectivity index (χ2v) is 12.2. The molecule has 3 N–H and O–H groups in total. The van der Waals surface area contributed by atoms with Crippen molar-refractivity contribution in [3.8, 4) is 0 Å². The number of carbonyl (C=O) groups excluding carboxylic acids is 1. The van der Waals surface area contributed by atoms with E-state index in [1.54, 1.807) is 7.11 Å². The monoisotopic (exact) mass is 567 g/mol. The summed E-state index contributed by atoms with van der Waals surface area (Å²) in [5, 5.41) is 27.5. The van der Waals surface area contributed by atoms with Gasteiger partial charge in [0.05, 0.1) is 12.5 Å². The van der Waals surface area contributed by atoms with Crippen LogP contribution in [0.1, 0.15) is 135 Å². The highest BCUT2D eigenvalue weighted by Crippen LogP contribution is 2.34. The molecule has 0 aliphatic heterocycles. The Morgan fingerprint density at radius 1 is 0.825 bits per heavy atom. The van der Waals surface area contributed by atoms with Gasteiger partial charge in [0.15, 0.2) is 7.85 Å². The summed E-state index contributed by atoms with van der Waals surface area (Å²) in [6.07, 6.45) is 21.7. The van der Waals surface area contributed by atoms with Crippen LogP contribution in [0.3, 0.4) is 0 Å². The van der Waals surface area contributed by atoms with E-state index in [0.29, 0.717) is 18.9 Å². The molecule has 0 aromatic carbocycles. The summed E-state index contributed by atoms with van der Waals surface area (Å²) in [5.41, 5.74) is -2.05. The summed E-state index contributed by atoms with van der Waals surface area (Å²) in [5.74, 6) is 0.717. The maximum Gasteiger partial charge on any atom is 0.308 e. The predicted octanol–water partition coefficient (Wildman–Crippen LogP) is 5.72. The second-order valence-electron chi connectivity index (χ2n) is 12.2. The first-order valence-corrected chi connectivity index (χ1v) is 16.6. The number of rotatable bonds is 29. The molecule has 1 unspecified atom stereocenters. The number of aliphatic hydroxyl groups excluding tert-OH is 1. The van der Waals surface area contributed by atoms with E-state index in [2.05, 4.69) is 4.90 Å². The molecule has 0 aromatic rings. The van der Waals surface area contributed by atoms with Crippen molar-refractivity contribution in [3.05, 3.63) is 0 Å². The molecule has 234 valence electrons. The maximum atomic E-state index is 12.9. The Bertz CT molecular complexity index is 584. The Morgan fingerprint density at radius 3 is 1.95 bits per heavy atom. The average molecular weight is 568 g/mol. The molecular weight excluding hydrogens is 505 g/mol. The number of carbonyl (C=O) groups is 1. The van der Waals surface area contributed by atoms with Crippen LogP contribution in [0.25, 0.3) is 0 Å². The largest absolute Gasteiger partial charge is 0.465 e. The molecule has 0 aromatic heterocycles. The number of nitrogens with zero attached hydrogens (tertiary/aromatic N) is 1. The molecule has 0 saturated heterocycles. The van der Waals surface area contributed by atoms with Gasteiger partial charge in [0, 0.05) is 20.3 Å². The zero-order valence-electron chi connectivity index (χ0n) is 25.8. The molecule has 1 fully saturated rings. The zero-order chi connectivity index (χ0) is 29.3. The van der Waals surface area contributed by atoms with Gasteiger partial charge >= 0.3 is 5.97 Å². The fourth-order valence-electron chi connectivity index (χ4n) is 5.57. The summed E-state index contributed by atoms with van der Waals surface area (Å²) in [6, 6.07) is 0. The van der Waals surface area contributed by atoms with Crippen LogP contribution in [0.5, 0.6) is 0 Å². The number of ether oxygens (including phenoxy) is 2. The lowest BCUT2D eigenvalue weighted by Crippen LogP contribution is -2.27. The highest BCUT2D eigenvalue weighted by Gasteiger charge is 2.27. The van der Waals surface area contributed by atoms with Crippen LogP contribution in [0.4, 0.5) is 0 Å². The van der Waals surface area contributed by atoms with Crippen LogP contribution in [-0.2, 0) is 14.3 Å². The molecule has 1 rings (SSSR count). The Labute approximate surface area is 247 Å². The summed E-state index contributed by atoms with van der Waals surface area (Å²) < 4.78 is 10.9. The molecular formula is C32H62BNO6. The Balaban J connectivity index is 2.19. The first-order chi connectivity index (χ1) is 19.4. The van der Waals surface area contributed by atoms with E-state index in [4.69, 9.17) is 22.4 Å². The quantitative estimate of drug-likeness (QED) is 0.0461. The Hall–Kier alpha value is -0.665. The van der Waals surface area contributed by atoms with Crippen molar-refractivity contribution < 1.29 is 29.6 Å². The van der Waals surface area contributed by atoms with Crippen molar-refractivity contribution in [1.82, 2.24) is 4.90 Å². The molecule has 2 radical (unpaired) electrons. The number of esters is 1. The van der Waals surface area contributed by atoms with Crippen LogP contribution < -0.4 is 0 Å². The second kappa shape index (κ2) is 24.9. The van der Waals surface area contributed by atoms with Gasteiger partial charge in [0.2, 0.25) is 0 Å². The third kappa shape index (κ3) is 22.0. The highest BCUT2D eigenvalue weighted by atomic mass is 16.5. The number of hydrogen-bond acceptors (Lipinski definition) is 7. The predicted molar refractivity (Wildman–Crippen MR) is 163 cm³/mol. The first-order valence-electron chi connectivity index (χ1n) is 16.6. The molecule has 0 heterocycles. The van der Waals surface area contributed by atoms with Gasteiger partial charge in [-0.1, -0.05) is 70.6 Å². The van der Waals surface area contributed by atoms with E-state index in [-0.39, 0.29) is 24.9 Å². The molecule has 1 saturated carbocycles. The molecule has 1 atom stereocenters. The molecule has 1 aliphatic rings. The van der Waals surface area contributed by atoms with Crippen molar-refractivity contribution >= 4 is 13.8 Å². The van der Waals surface area contributed by atoms with Crippen molar-refractivity contribution in [3.63, 3.8) is 0 Å². The van der Waals surface area contributed by atoms with Crippen LogP contribution in [0.2, 0.25) is 0 Å². The van der Waals surface area contributed by atoms with Crippen molar-refractivity contribution in [2.45, 2.75) is 141 Å². The van der Waals surface area contributed by atoms with Crippen molar-refractivity contribution in [1.29, 1.82) is 0 Å². The van der Waals surface area contributed by atoms with Gasteiger partial charge < -0.3 is 29.7 Å². The summed E-state index contributed by atoms with van der Waals surface area (Å²) in [4.78, 5) is 15.4. The minimum Gasteiger partial charge on any atom is -0.465 e. The molecule has 1 aliphatic carbocycles. The number of unbranched alkanes of at least 4 members (excludes halogenated alkanes) is 11. The lowest BCUT2D eigenvalue weighted by molar-refractivity contribution is -0.150. The van der Waals surface area contributed by atoms with Gasteiger partial charge in [-0.25, -0.2) is 0 Å². The fourth-order valence-corrected chi connectivity index (χ4v) is 5.57. The molecule has 8 heteroatoms. The number of hydrogen-bond donors (Lipinski definition) is 3. The standard InChI is InChI=1S/C32H62BNO6/c1-39-26-15-7-5-11-22-34(24-13-14-25-35)23-12-6-8-16-27-40-31(36)30(28-29-18-17-19-29)20-9-3-2-4-10-21-32(33,37)38/h29-30,35,37-38H,2-28H2,1H3. The Morgan fingerprint density at radius 2 is 1.38 bits per heavy atom. The smallest absolute Gasteiger partial charge is 0.308 e. The van der Waals surface area contributed by atoms with Gasteiger partial charge in [0.25, 0.3) is 0 Å². The van der Waals surface area contributed by atoms with Gasteiger partial charge in [-0.05, 0) is 89.8 Å². The topological polar surface area (TPSA) is 99.5 Å². The van der Waals surface area contributed by atoms with Crippen LogP contribution in [-0.4, -0.2) is 86.3 Å². The zero-order valence-corrected chi connectivity index (χ0v) is 25.8. The van der Waals surface area contributed by atoms with E-state index >= 15 is 0 Å². The van der Waals surface area contributed by atoms with Crippen LogP contribution in [0, 0.1) is 11.8 Å². The summed E-state index contributed by atoms with van der Waals surface area (Å²) >= 11 is 0. The minimum absolute atomic E-state index is 0.000865. The fraction of sp³-hybridized carbons (Fsp3) is 0.969. The number of methoxy groups -OCH3 is 1. The van der Waals surface area contributed by atoms with E-state index < -0.39 is 5.69 Å². The van der Waals surface area contributed by atoms with Crippen LogP contribution in [0.15, 0.2) is 0 Å². The van der Waals surface area contributed by atoms with Crippen molar-refractivity contribution in [2.75, 3.05) is 46.6 Å². The average Bonchev–Trinajstić information content (AvgIpc) is 2.89. The third-order valence-corrected chi connectivity index (χ3v) is 8.34. The van der Waals surface area contributed by atoms with Gasteiger partial charge in [-0.15, -0.1) is 0 Å². The SMILES string of the molecule is [B]C(O)(O)CCCCCCCC(CC1CCC1)C(=O)OCCCCCCN(CCCCO)CCCCCCOC. The summed E-state index contributed by atoms with van der Waals surface area (Å²) in [7, 11) is 6.96. The van der Waals surface area contributed by atoms with Crippen molar-refractivity contribution in [2.24, 2.45) is 11.8 Å². The lowest BCUT2D eigenvalue weighted by atomic mass is 9.78. The maximum absolute atomic E-state index is 12.9. The highest BCUT2D eigenvalue weighted by molar-refractivity contribution is 6.12. The van der Waals surface area contributed by atoms with Crippen LogP contribution >= 0.6 is 0 Å². The molecule has 0 bridgehead atoms. The molecule has 40 heavy (non-hydrogen) atoms.